The van der Waals surface area contributed by atoms with Gasteiger partial charge in [0.15, 0.2) is 0 Å². The second kappa shape index (κ2) is 8.79. The zero-order valence-electron chi connectivity index (χ0n) is 18.6. The minimum absolute atomic E-state index is 0.0171. The van der Waals surface area contributed by atoms with Crippen LogP contribution in [0.1, 0.15) is 34.7 Å². The van der Waals surface area contributed by atoms with Gasteiger partial charge in [-0.15, -0.1) is 11.3 Å². The van der Waals surface area contributed by atoms with Crippen molar-refractivity contribution in [3.05, 3.63) is 110 Å². The van der Waals surface area contributed by atoms with E-state index in [2.05, 4.69) is 32.0 Å². The number of non-ortho nitro benzene ring substituents is 1. The number of halogens is 1. The van der Waals surface area contributed by atoms with Crippen LogP contribution in [0.3, 0.4) is 0 Å². The Morgan fingerprint density at radius 3 is 2.65 bits per heavy atom. The van der Waals surface area contributed by atoms with E-state index in [4.69, 9.17) is 10.1 Å². The van der Waals surface area contributed by atoms with Crippen LogP contribution in [0.25, 0.3) is 11.3 Å². The van der Waals surface area contributed by atoms with Gasteiger partial charge in [0.25, 0.3) is 5.69 Å². The van der Waals surface area contributed by atoms with E-state index in [1.165, 1.54) is 35.6 Å². The van der Waals surface area contributed by atoms with Crippen molar-refractivity contribution in [3.63, 3.8) is 0 Å². The third-order valence-corrected chi connectivity index (χ3v) is 6.74. The molecule has 34 heavy (non-hydrogen) atoms. The molecule has 2 heterocycles. The number of benzene rings is 3. The number of nitro benzene ring substituents is 1. The maximum Gasteiger partial charge on any atom is 0.270 e. The van der Waals surface area contributed by atoms with Crippen LogP contribution >= 0.6 is 11.3 Å². The molecule has 0 radical (unpaired) electrons. The third-order valence-electron chi connectivity index (χ3n) is 5.91. The largest absolute Gasteiger partial charge is 0.270 e. The molecule has 0 saturated heterocycles. The SMILES string of the molecule is Cc1ccc(C)c(-c2csc(N3N=C(c4cccc([N+](=O)[O-])c4)C[C@@H]3c3ccc(F)cc3)n2)c1. The van der Waals surface area contributed by atoms with Gasteiger partial charge in [-0.1, -0.05) is 42.0 Å². The van der Waals surface area contributed by atoms with Crippen molar-refractivity contribution in [2.75, 3.05) is 5.01 Å². The van der Waals surface area contributed by atoms with Gasteiger partial charge in [0.05, 0.1) is 22.4 Å². The number of nitrogens with zero attached hydrogens (tertiary/aromatic N) is 4. The lowest BCUT2D eigenvalue weighted by Gasteiger charge is -2.21. The van der Waals surface area contributed by atoms with Gasteiger partial charge in [0, 0.05) is 35.1 Å². The summed E-state index contributed by atoms with van der Waals surface area (Å²) >= 11 is 1.49. The molecule has 5 rings (SSSR count). The second-order valence-corrected chi connectivity index (χ2v) is 9.14. The van der Waals surface area contributed by atoms with Gasteiger partial charge in [0.2, 0.25) is 5.13 Å². The topological polar surface area (TPSA) is 71.6 Å². The summed E-state index contributed by atoms with van der Waals surface area (Å²) in [6.07, 6.45) is 0.519. The van der Waals surface area contributed by atoms with Gasteiger partial charge < -0.3 is 0 Å². The molecule has 0 bridgehead atoms. The van der Waals surface area contributed by atoms with E-state index in [-0.39, 0.29) is 17.5 Å². The molecule has 0 N–H and O–H groups in total. The fourth-order valence-electron chi connectivity index (χ4n) is 4.11. The maximum absolute atomic E-state index is 13.6. The minimum Gasteiger partial charge on any atom is -0.258 e. The van der Waals surface area contributed by atoms with Crippen molar-refractivity contribution in [3.8, 4) is 11.3 Å². The van der Waals surface area contributed by atoms with Crippen LogP contribution in [-0.2, 0) is 0 Å². The Hall–Kier alpha value is -3.91. The lowest BCUT2D eigenvalue weighted by Crippen LogP contribution is -2.18. The molecule has 0 fully saturated rings. The Balaban J connectivity index is 1.56. The number of anilines is 1. The van der Waals surface area contributed by atoms with Gasteiger partial charge >= 0.3 is 0 Å². The van der Waals surface area contributed by atoms with Crippen molar-refractivity contribution in [2.45, 2.75) is 26.3 Å². The standard InChI is InChI=1S/C26H21FN4O2S/c1-16-6-7-17(2)22(12-16)24-15-34-26(28-24)30-25(18-8-10-20(27)11-9-18)14-23(29-30)19-4-3-5-21(13-19)31(32)33/h3-13,15,25H,14H2,1-2H3/t25-/m1/s1. The highest BCUT2D eigenvalue weighted by Crippen LogP contribution is 2.40. The summed E-state index contributed by atoms with van der Waals surface area (Å²) in [4.78, 5) is 15.7. The number of aromatic nitrogens is 1. The molecule has 170 valence electrons. The van der Waals surface area contributed by atoms with Crippen LogP contribution in [0, 0.1) is 29.8 Å². The number of nitro groups is 1. The van der Waals surface area contributed by atoms with Gasteiger partial charge in [-0.05, 0) is 43.2 Å². The fourth-order valence-corrected chi connectivity index (χ4v) is 4.93. The Bertz CT molecular complexity index is 1410. The van der Waals surface area contributed by atoms with Gasteiger partial charge in [-0.3, -0.25) is 10.1 Å². The van der Waals surface area contributed by atoms with Gasteiger partial charge in [-0.2, -0.15) is 5.10 Å². The lowest BCUT2D eigenvalue weighted by molar-refractivity contribution is -0.384. The third kappa shape index (κ3) is 4.20. The summed E-state index contributed by atoms with van der Waals surface area (Å²) in [5.74, 6) is -0.306. The molecule has 0 aliphatic carbocycles. The zero-order chi connectivity index (χ0) is 23.8. The number of hydrogen-bond acceptors (Lipinski definition) is 6. The monoisotopic (exact) mass is 472 g/mol. The molecule has 0 saturated carbocycles. The molecule has 1 aliphatic rings. The summed E-state index contributed by atoms with van der Waals surface area (Å²) < 4.78 is 13.6. The van der Waals surface area contributed by atoms with E-state index in [0.717, 1.165) is 33.7 Å². The molecule has 0 spiro atoms. The minimum atomic E-state index is -0.411. The van der Waals surface area contributed by atoms with E-state index in [1.807, 2.05) is 16.5 Å². The molecule has 3 aromatic carbocycles. The van der Waals surface area contributed by atoms with Crippen molar-refractivity contribution < 1.29 is 9.31 Å². The zero-order valence-corrected chi connectivity index (χ0v) is 19.4. The van der Waals surface area contributed by atoms with Crippen molar-refractivity contribution in [2.24, 2.45) is 5.10 Å². The predicted octanol–water partition coefficient (Wildman–Crippen LogP) is 6.83. The second-order valence-electron chi connectivity index (χ2n) is 8.30. The summed E-state index contributed by atoms with van der Waals surface area (Å²) in [5, 5.41) is 20.7. The molecule has 0 unspecified atom stereocenters. The number of hydrazone groups is 1. The first kappa shape index (κ1) is 21.9. The highest BCUT2D eigenvalue weighted by molar-refractivity contribution is 7.14. The highest BCUT2D eigenvalue weighted by atomic mass is 32.1. The highest BCUT2D eigenvalue weighted by Gasteiger charge is 2.32. The van der Waals surface area contributed by atoms with Crippen LogP contribution < -0.4 is 5.01 Å². The van der Waals surface area contributed by atoms with E-state index in [1.54, 1.807) is 18.2 Å². The molecule has 0 amide bonds. The molecular formula is C26H21FN4O2S. The summed E-state index contributed by atoms with van der Waals surface area (Å²) in [5.41, 5.74) is 6.57. The average Bonchev–Trinajstić information content (AvgIpc) is 3.49. The number of thiazole rings is 1. The van der Waals surface area contributed by atoms with Crippen molar-refractivity contribution >= 4 is 27.9 Å². The van der Waals surface area contributed by atoms with E-state index in [0.29, 0.717) is 17.1 Å². The number of aryl methyl sites for hydroxylation is 2. The van der Waals surface area contributed by atoms with Crippen LogP contribution in [0.2, 0.25) is 0 Å². The summed E-state index contributed by atoms with van der Waals surface area (Å²) in [7, 11) is 0. The molecular weight excluding hydrogens is 451 g/mol. The van der Waals surface area contributed by atoms with Crippen LogP contribution in [0.5, 0.6) is 0 Å². The molecule has 1 aliphatic heterocycles. The van der Waals surface area contributed by atoms with Crippen LogP contribution in [-0.4, -0.2) is 15.6 Å². The van der Waals surface area contributed by atoms with E-state index < -0.39 is 4.92 Å². The Kier molecular flexibility index (Phi) is 5.67. The Morgan fingerprint density at radius 2 is 1.88 bits per heavy atom. The molecule has 6 nitrogen and oxygen atoms in total. The van der Waals surface area contributed by atoms with Crippen LogP contribution in [0.15, 0.2) is 77.2 Å². The fraction of sp³-hybridized carbons (Fsp3) is 0.154. The molecule has 4 aromatic rings. The summed E-state index contributed by atoms with van der Waals surface area (Å²) in [6, 6.07) is 18.9. The smallest absolute Gasteiger partial charge is 0.258 e. The van der Waals surface area contributed by atoms with Gasteiger partial charge in [0.1, 0.15) is 5.82 Å². The van der Waals surface area contributed by atoms with Crippen LogP contribution in [0.4, 0.5) is 15.2 Å². The first-order chi connectivity index (χ1) is 16.4. The quantitative estimate of drug-likeness (QED) is 0.236. The normalized spacial score (nSPS) is 15.4. The molecule has 1 aromatic heterocycles. The maximum atomic E-state index is 13.6. The molecule has 1 atom stereocenters. The first-order valence-electron chi connectivity index (χ1n) is 10.8. The lowest BCUT2D eigenvalue weighted by atomic mass is 9.98. The van der Waals surface area contributed by atoms with Crippen molar-refractivity contribution in [1.82, 2.24) is 4.98 Å². The predicted molar refractivity (Wildman–Crippen MR) is 133 cm³/mol. The average molecular weight is 473 g/mol. The number of hydrogen-bond donors (Lipinski definition) is 0. The van der Waals surface area contributed by atoms with Crippen molar-refractivity contribution in [1.29, 1.82) is 0 Å². The molecule has 8 heteroatoms. The number of rotatable bonds is 5. The van der Waals surface area contributed by atoms with E-state index in [9.17, 15) is 14.5 Å². The Labute approximate surface area is 200 Å². The van der Waals surface area contributed by atoms with E-state index >= 15 is 0 Å². The van der Waals surface area contributed by atoms with Gasteiger partial charge in [-0.25, -0.2) is 14.4 Å². The summed E-state index contributed by atoms with van der Waals surface area (Å²) in [6.45, 7) is 4.11. The Morgan fingerprint density at radius 1 is 1.09 bits per heavy atom. The first-order valence-corrected chi connectivity index (χ1v) is 11.7.